The minimum Gasteiger partial charge on any atom is -0.346 e. The molecule has 0 bridgehead atoms. The highest BCUT2D eigenvalue weighted by Gasteiger charge is 2.53. The average molecular weight is 370 g/mol. The smallest absolute Gasteiger partial charge is 0.316 e. The number of non-ortho nitro benzene ring substituents is 1. The highest BCUT2D eigenvalue weighted by molar-refractivity contribution is 8.13. The predicted molar refractivity (Wildman–Crippen MR) is 103 cm³/mol. The number of nitrogens with zero attached hydrogens (tertiary/aromatic N) is 3. The van der Waals surface area contributed by atoms with Crippen molar-refractivity contribution in [3.63, 3.8) is 0 Å². The molecule has 0 unspecified atom stereocenters. The lowest BCUT2D eigenvalue weighted by atomic mass is 10.0. The first-order valence-electron chi connectivity index (χ1n) is 8.58. The molecule has 7 heteroatoms. The maximum Gasteiger partial charge on any atom is 0.316 e. The van der Waals surface area contributed by atoms with Gasteiger partial charge in [-0.1, -0.05) is 18.2 Å². The third-order valence-corrected chi connectivity index (χ3v) is 6.18. The van der Waals surface area contributed by atoms with Crippen LogP contribution < -0.4 is 4.90 Å². The first-order valence-corrected chi connectivity index (χ1v) is 9.57. The molecule has 0 aliphatic carbocycles. The van der Waals surface area contributed by atoms with Gasteiger partial charge < -0.3 is 5.11 Å². The van der Waals surface area contributed by atoms with Gasteiger partial charge in [-0.05, 0) is 48.9 Å². The monoisotopic (exact) mass is 370 g/mol. The topological polar surface area (TPSA) is 69.6 Å². The van der Waals surface area contributed by atoms with Crippen molar-refractivity contribution in [1.29, 1.82) is 0 Å². The Morgan fingerprint density at radius 3 is 2.65 bits per heavy atom. The van der Waals surface area contributed by atoms with Gasteiger partial charge in [0.1, 0.15) is 5.69 Å². The second-order valence-corrected chi connectivity index (χ2v) is 7.69. The van der Waals surface area contributed by atoms with E-state index in [0.29, 0.717) is 12.1 Å². The molecule has 2 aliphatic heterocycles. The predicted octanol–water partition coefficient (Wildman–Crippen LogP) is 3.07. The maximum atomic E-state index is 11.6. The first-order chi connectivity index (χ1) is 12.5. The van der Waals surface area contributed by atoms with E-state index in [1.54, 1.807) is 23.9 Å². The number of rotatable bonds is 3. The molecule has 134 valence electrons. The van der Waals surface area contributed by atoms with E-state index in [4.69, 9.17) is 0 Å². The molecule has 1 N–H and O–H groups in total. The number of thioether (sulfide) groups is 1. The SMILES string of the molecule is Cc1ccccc1N1C[C@@](O)(c2ccc([N+](=O)[O-])cc2)[N+]2=C1SCCC2. The lowest BCUT2D eigenvalue weighted by Crippen LogP contribution is -2.41. The lowest BCUT2D eigenvalue weighted by Gasteiger charge is -2.24. The number of amidine groups is 1. The maximum absolute atomic E-state index is 11.6. The zero-order chi connectivity index (χ0) is 18.3. The van der Waals surface area contributed by atoms with Gasteiger partial charge in [0.15, 0.2) is 6.54 Å². The molecule has 1 atom stereocenters. The first kappa shape index (κ1) is 17.1. The zero-order valence-electron chi connectivity index (χ0n) is 14.5. The fourth-order valence-corrected chi connectivity index (χ4v) is 4.82. The Bertz CT molecular complexity index is 897. The number of hydrogen-bond acceptors (Lipinski definition) is 5. The van der Waals surface area contributed by atoms with Crippen molar-refractivity contribution in [3.8, 4) is 0 Å². The Balaban J connectivity index is 1.78. The van der Waals surface area contributed by atoms with Crippen molar-refractivity contribution in [1.82, 2.24) is 0 Å². The zero-order valence-corrected chi connectivity index (χ0v) is 15.3. The van der Waals surface area contributed by atoms with Crippen LogP contribution in [-0.2, 0) is 5.72 Å². The van der Waals surface area contributed by atoms with Crippen molar-refractivity contribution in [2.24, 2.45) is 0 Å². The fraction of sp³-hybridized carbons (Fsp3) is 0.316. The van der Waals surface area contributed by atoms with E-state index in [2.05, 4.69) is 24.0 Å². The summed E-state index contributed by atoms with van der Waals surface area (Å²) in [4.78, 5) is 12.7. The molecular weight excluding hydrogens is 350 g/mol. The summed E-state index contributed by atoms with van der Waals surface area (Å²) in [5, 5.41) is 23.6. The van der Waals surface area contributed by atoms with Gasteiger partial charge in [0.05, 0.1) is 11.5 Å². The number of hydrogen-bond donors (Lipinski definition) is 1. The highest BCUT2D eigenvalue weighted by Crippen LogP contribution is 2.38. The number of nitro benzene ring substituents is 1. The largest absolute Gasteiger partial charge is 0.346 e. The van der Waals surface area contributed by atoms with E-state index in [1.165, 1.54) is 12.1 Å². The van der Waals surface area contributed by atoms with Crippen LogP contribution >= 0.6 is 11.8 Å². The lowest BCUT2D eigenvalue weighted by molar-refractivity contribution is -0.656. The van der Waals surface area contributed by atoms with Crippen LogP contribution in [0.2, 0.25) is 0 Å². The Morgan fingerprint density at radius 2 is 1.96 bits per heavy atom. The summed E-state index contributed by atoms with van der Waals surface area (Å²) in [6.45, 7) is 3.23. The van der Waals surface area contributed by atoms with Gasteiger partial charge >= 0.3 is 5.17 Å². The number of aryl methyl sites for hydroxylation is 1. The molecule has 2 aromatic rings. The molecule has 0 saturated carbocycles. The van der Waals surface area contributed by atoms with Gasteiger partial charge in [0, 0.05) is 23.4 Å². The summed E-state index contributed by atoms with van der Waals surface area (Å²) in [6.07, 6.45) is 0.991. The van der Waals surface area contributed by atoms with Crippen molar-refractivity contribution < 1.29 is 14.6 Å². The molecule has 4 rings (SSSR count). The fourth-order valence-electron chi connectivity index (χ4n) is 3.65. The molecule has 0 radical (unpaired) electrons. The van der Waals surface area contributed by atoms with Crippen LogP contribution in [0.1, 0.15) is 17.5 Å². The number of nitro groups is 1. The second-order valence-electron chi connectivity index (χ2n) is 6.63. The third kappa shape index (κ3) is 2.68. The molecule has 0 aromatic heterocycles. The number of aliphatic hydroxyl groups is 1. The molecule has 2 aliphatic rings. The van der Waals surface area contributed by atoms with E-state index in [0.717, 1.165) is 35.1 Å². The van der Waals surface area contributed by atoms with Gasteiger partial charge in [-0.2, -0.15) is 0 Å². The van der Waals surface area contributed by atoms with E-state index in [-0.39, 0.29) is 5.69 Å². The second kappa shape index (κ2) is 6.41. The summed E-state index contributed by atoms with van der Waals surface area (Å²) < 4.78 is 2.04. The summed E-state index contributed by atoms with van der Waals surface area (Å²) in [7, 11) is 0. The minimum absolute atomic E-state index is 0.0309. The number of para-hydroxylation sites is 1. The quantitative estimate of drug-likeness (QED) is 0.511. The molecule has 0 saturated heterocycles. The Labute approximate surface area is 155 Å². The highest BCUT2D eigenvalue weighted by atomic mass is 32.2. The van der Waals surface area contributed by atoms with E-state index < -0.39 is 10.6 Å². The Morgan fingerprint density at radius 1 is 1.23 bits per heavy atom. The van der Waals surface area contributed by atoms with Gasteiger partial charge in [-0.25, -0.2) is 9.48 Å². The molecule has 0 amide bonds. The molecule has 0 fully saturated rings. The summed E-state index contributed by atoms with van der Waals surface area (Å²) in [5.41, 5.74) is 1.75. The van der Waals surface area contributed by atoms with Gasteiger partial charge in [-0.15, -0.1) is 0 Å². The van der Waals surface area contributed by atoms with E-state index in [9.17, 15) is 15.2 Å². The van der Waals surface area contributed by atoms with Gasteiger partial charge in [-0.3, -0.25) is 10.1 Å². The van der Waals surface area contributed by atoms with Crippen molar-refractivity contribution >= 4 is 28.3 Å². The standard InChI is InChI=1S/C19H20N3O3S/c1-14-5-2-3-6-17(14)20-13-19(23,21-11-4-12-26-18(20)21)15-7-9-16(10-8-15)22(24)25/h2-3,5-10,23H,4,11-13H2,1H3/q+1/t19-/m1/s1. The molecular formula is C19H20N3O3S+. The summed E-state index contributed by atoms with van der Waals surface area (Å²) in [5.74, 6) is 1.02. The van der Waals surface area contributed by atoms with Gasteiger partial charge in [0.25, 0.3) is 11.4 Å². The summed E-state index contributed by atoms with van der Waals surface area (Å²) >= 11 is 1.75. The summed E-state index contributed by atoms with van der Waals surface area (Å²) in [6, 6.07) is 14.4. The Hall–Kier alpha value is -2.38. The van der Waals surface area contributed by atoms with Crippen LogP contribution in [0.3, 0.4) is 0 Å². The normalized spacial score (nSPS) is 22.5. The Kier molecular flexibility index (Phi) is 4.20. The van der Waals surface area contributed by atoms with Crippen molar-refractivity contribution in [2.45, 2.75) is 19.1 Å². The number of anilines is 1. The molecule has 26 heavy (non-hydrogen) atoms. The minimum atomic E-state index is -1.19. The van der Waals surface area contributed by atoms with Crippen LogP contribution in [0.4, 0.5) is 11.4 Å². The van der Waals surface area contributed by atoms with Crippen molar-refractivity contribution in [3.05, 3.63) is 69.8 Å². The van der Waals surface area contributed by atoms with Crippen LogP contribution in [0, 0.1) is 17.0 Å². The third-order valence-electron chi connectivity index (χ3n) is 4.99. The van der Waals surface area contributed by atoms with E-state index >= 15 is 0 Å². The van der Waals surface area contributed by atoms with Crippen LogP contribution in [0.5, 0.6) is 0 Å². The van der Waals surface area contributed by atoms with Gasteiger partial charge in [0.2, 0.25) is 0 Å². The van der Waals surface area contributed by atoms with Crippen LogP contribution in [0.15, 0.2) is 48.5 Å². The number of benzene rings is 2. The van der Waals surface area contributed by atoms with E-state index in [1.807, 2.05) is 16.7 Å². The molecule has 0 spiro atoms. The van der Waals surface area contributed by atoms with Crippen LogP contribution in [-0.4, -0.2) is 38.6 Å². The average Bonchev–Trinajstić information content (AvgIpc) is 2.97. The van der Waals surface area contributed by atoms with Crippen molar-refractivity contribution in [2.75, 3.05) is 23.7 Å². The number of β-amino-alcohol motifs (C(OH)–C–C–N with tert-alkyl or cyclic N) is 1. The molecule has 6 nitrogen and oxygen atoms in total. The molecule has 2 heterocycles. The molecule has 2 aromatic carbocycles. The van der Waals surface area contributed by atoms with Crippen LogP contribution in [0.25, 0.3) is 0 Å².